The predicted molar refractivity (Wildman–Crippen MR) is 196 cm³/mol. The van der Waals surface area contributed by atoms with Crippen LogP contribution in [-0.2, 0) is 12.8 Å². The molecule has 1 aromatic carbocycles. The van der Waals surface area contributed by atoms with Gasteiger partial charge in [0.1, 0.15) is 18.3 Å². The molecule has 2 aromatic rings. The highest BCUT2D eigenvalue weighted by Gasteiger charge is 2.43. The third kappa shape index (κ3) is 7.52. The molecule has 1 aliphatic heterocycles. The maximum atomic E-state index is 11.8. The Labute approximate surface area is 301 Å². The van der Waals surface area contributed by atoms with Crippen molar-refractivity contribution >= 4 is 0 Å². The number of aryl methyl sites for hydroxylation is 1. The minimum atomic E-state index is -1.25. The van der Waals surface area contributed by atoms with E-state index in [0.717, 1.165) is 60.9 Å². The Kier molecular flexibility index (Phi) is 10.7. The van der Waals surface area contributed by atoms with E-state index in [0.29, 0.717) is 37.5 Å². The number of dihydropyridines is 1. The molecule has 11 atom stereocenters. The number of aromatic nitrogens is 1. The van der Waals surface area contributed by atoms with Gasteiger partial charge in [0.2, 0.25) is 0 Å². The molecule has 11 unspecified atom stereocenters. The van der Waals surface area contributed by atoms with E-state index in [-0.39, 0.29) is 41.1 Å². The first kappa shape index (κ1) is 35.5. The molecule has 4 aliphatic carbocycles. The van der Waals surface area contributed by atoms with Crippen LogP contribution in [0.15, 0.2) is 77.8 Å². The molecule has 0 radical (unpaired) electrons. The second-order valence-electron chi connectivity index (χ2n) is 15.2. The molecular weight excluding hydrogens is 642 g/mol. The number of rotatable bonds is 7. The first-order valence-corrected chi connectivity index (χ1v) is 18.9. The Morgan fingerprint density at radius 2 is 1.88 bits per heavy atom. The van der Waals surface area contributed by atoms with Gasteiger partial charge in [0.05, 0.1) is 18.0 Å². The molecule has 0 saturated heterocycles. The van der Waals surface area contributed by atoms with Crippen molar-refractivity contribution in [1.29, 1.82) is 0 Å². The summed E-state index contributed by atoms with van der Waals surface area (Å²) in [6.45, 7) is 2.75. The third-order valence-corrected chi connectivity index (χ3v) is 12.0. The van der Waals surface area contributed by atoms with E-state index in [9.17, 15) is 25.5 Å². The summed E-state index contributed by atoms with van der Waals surface area (Å²) in [5.41, 5.74) is 11.4. The monoisotopic (exact) mass is 695 g/mol. The van der Waals surface area contributed by atoms with Gasteiger partial charge < -0.3 is 46.3 Å². The lowest BCUT2D eigenvalue weighted by Gasteiger charge is -2.40. The van der Waals surface area contributed by atoms with E-state index >= 15 is 0 Å². The molecule has 5 aliphatic rings. The molecule has 0 fully saturated rings. The van der Waals surface area contributed by atoms with Crippen molar-refractivity contribution in [3.63, 3.8) is 0 Å². The van der Waals surface area contributed by atoms with Crippen LogP contribution in [0.2, 0.25) is 0 Å². The molecule has 0 saturated carbocycles. The highest BCUT2D eigenvalue weighted by Crippen LogP contribution is 2.48. The molecule has 9 heteroatoms. The Hall–Kier alpha value is -3.94. The fourth-order valence-electron chi connectivity index (χ4n) is 9.12. The minimum Gasteiger partial charge on any atom is -0.504 e. The highest BCUT2D eigenvalue weighted by molar-refractivity contribution is 5.52. The fraction of sp³-hybridized carbons (Fsp3) is 0.524. The maximum Gasteiger partial charge on any atom is 0.161 e. The van der Waals surface area contributed by atoms with Gasteiger partial charge in [0, 0.05) is 48.0 Å². The Balaban J connectivity index is 1.23. The zero-order valence-corrected chi connectivity index (χ0v) is 29.4. The van der Waals surface area contributed by atoms with Gasteiger partial charge in [-0.25, -0.2) is 0 Å². The summed E-state index contributed by atoms with van der Waals surface area (Å²) < 4.78 is 6.64. The summed E-state index contributed by atoms with van der Waals surface area (Å²) >= 11 is 0. The number of hydrogen-bond donors (Lipinski definition) is 8. The number of aliphatic hydroxyl groups excluding tert-OH is 4. The second kappa shape index (κ2) is 15.3. The normalized spacial score (nSPS) is 34.0. The van der Waals surface area contributed by atoms with Crippen LogP contribution >= 0.6 is 0 Å². The number of allylic oxidation sites excluding steroid dienone is 4. The van der Waals surface area contributed by atoms with Crippen LogP contribution in [0.4, 0.5) is 0 Å². The lowest BCUT2D eigenvalue weighted by Crippen LogP contribution is -2.50. The van der Waals surface area contributed by atoms with Crippen molar-refractivity contribution in [3.8, 4) is 23.3 Å². The molecule has 9 nitrogen and oxygen atoms in total. The number of nitrogens with one attached hydrogen (secondary N) is 2. The molecule has 7 rings (SSSR count). The lowest BCUT2D eigenvalue weighted by atomic mass is 9.73. The van der Waals surface area contributed by atoms with Gasteiger partial charge >= 0.3 is 0 Å². The first-order valence-electron chi connectivity index (χ1n) is 18.9. The summed E-state index contributed by atoms with van der Waals surface area (Å²) in [7, 11) is 0. The molecule has 2 heterocycles. The van der Waals surface area contributed by atoms with Crippen LogP contribution in [0.5, 0.6) is 11.5 Å². The molecule has 51 heavy (non-hydrogen) atoms. The van der Waals surface area contributed by atoms with E-state index in [2.05, 4.69) is 41.2 Å². The summed E-state index contributed by atoms with van der Waals surface area (Å²) in [4.78, 5) is 3.30. The second-order valence-corrected chi connectivity index (χ2v) is 15.2. The Morgan fingerprint density at radius 3 is 2.67 bits per heavy atom. The Morgan fingerprint density at radius 1 is 1.04 bits per heavy atom. The number of aromatic hydroxyl groups is 1. The number of phenols is 1. The van der Waals surface area contributed by atoms with Crippen molar-refractivity contribution in [3.05, 3.63) is 94.6 Å². The summed E-state index contributed by atoms with van der Waals surface area (Å²) in [5, 5.41) is 60.0. The van der Waals surface area contributed by atoms with Crippen molar-refractivity contribution in [2.24, 2.45) is 35.3 Å². The molecule has 9 N–H and O–H groups in total. The smallest absolute Gasteiger partial charge is 0.161 e. The number of hydrogen-bond acceptors (Lipinski definition) is 8. The van der Waals surface area contributed by atoms with Crippen LogP contribution in [0.3, 0.4) is 0 Å². The number of aromatic amines is 1. The van der Waals surface area contributed by atoms with E-state index in [1.54, 1.807) is 12.1 Å². The van der Waals surface area contributed by atoms with Crippen LogP contribution in [0.1, 0.15) is 74.6 Å². The van der Waals surface area contributed by atoms with Crippen molar-refractivity contribution in [2.75, 3.05) is 6.54 Å². The topological polar surface area (TPSA) is 164 Å². The van der Waals surface area contributed by atoms with E-state index in [1.165, 1.54) is 5.57 Å². The minimum absolute atomic E-state index is 0.0301. The molecule has 0 amide bonds. The van der Waals surface area contributed by atoms with Gasteiger partial charge in [-0.2, -0.15) is 0 Å². The number of phenolic OH excluding ortho intramolecular Hbond substituents is 1. The molecule has 0 spiro atoms. The number of benzene rings is 1. The zero-order valence-electron chi connectivity index (χ0n) is 29.4. The number of aliphatic hydroxyl groups is 4. The number of H-pyrrole nitrogens is 1. The van der Waals surface area contributed by atoms with Crippen LogP contribution in [0, 0.1) is 41.4 Å². The van der Waals surface area contributed by atoms with E-state index in [1.807, 2.05) is 36.5 Å². The molecule has 1 aromatic heterocycles. The fourth-order valence-corrected chi connectivity index (χ4v) is 9.12. The van der Waals surface area contributed by atoms with Crippen molar-refractivity contribution in [2.45, 2.75) is 101 Å². The van der Waals surface area contributed by atoms with Gasteiger partial charge in [-0.15, -0.1) is 0 Å². The van der Waals surface area contributed by atoms with Crippen molar-refractivity contribution < 1.29 is 30.3 Å². The first-order chi connectivity index (χ1) is 24.7. The van der Waals surface area contributed by atoms with Crippen LogP contribution in [-0.4, -0.2) is 67.6 Å². The van der Waals surface area contributed by atoms with E-state index < -0.39 is 30.5 Å². The highest BCUT2D eigenvalue weighted by atomic mass is 16.5. The van der Waals surface area contributed by atoms with Crippen LogP contribution in [0.25, 0.3) is 0 Å². The SMILES string of the molecule is CCC1C#CC2C=C3CCc4cc(O)c(OC5C(O)C(O)C=CC5C(Cc5ccc[nH]5)C5=CCNC(N)=C5)cc4C3CC(O)C2C(O)CCCC1. The average Bonchev–Trinajstić information content (AvgIpc) is 3.58. The Bertz CT molecular complexity index is 1730. The molecular formula is C42H53N3O6. The number of nitrogens with two attached hydrogens (primary N) is 1. The summed E-state index contributed by atoms with van der Waals surface area (Å²) in [6, 6.07) is 7.59. The quantitative estimate of drug-likeness (QED) is 0.155. The van der Waals surface area contributed by atoms with E-state index in [4.69, 9.17) is 10.5 Å². The van der Waals surface area contributed by atoms with Crippen LogP contribution < -0.4 is 15.8 Å². The number of ether oxygens (including phenoxy) is 1. The molecule has 0 bridgehead atoms. The average molecular weight is 696 g/mol. The lowest BCUT2D eigenvalue weighted by molar-refractivity contribution is -0.0608. The summed E-state index contributed by atoms with van der Waals surface area (Å²) in [5.74, 6) is 6.79. The van der Waals surface area contributed by atoms with Crippen molar-refractivity contribution in [1.82, 2.24) is 10.3 Å². The van der Waals surface area contributed by atoms with Gasteiger partial charge in [-0.1, -0.05) is 61.5 Å². The van der Waals surface area contributed by atoms with Gasteiger partial charge in [0.15, 0.2) is 11.5 Å². The number of fused-ring (bicyclic) bond motifs is 4. The van der Waals surface area contributed by atoms with Gasteiger partial charge in [0.25, 0.3) is 0 Å². The largest absolute Gasteiger partial charge is 0.504 e. The standard InChI is InChI=1S/C42H53N3O6/c1-2-24-6-3-4-8-34(46)40-28(10-9-24)18-25-11-12-26-19-36(48)38(23-33(26)32(25)22-37(40)49)51-42-30(13-14-35(47)41(42)50)31(21-29-7-5-16-44-29)27-15-17-45-39(43)20-27/h5,7,13-16,18-20,23-24,28,30-32,34-35,37,40-42,44-50H,2-4,6,8,11-12,17,21-22,43H2,1H3. The molecule has 272 valence electrons. The maximum absolute atomic E-state index is 11.8. The predicted octanol–water partition coefficient (Wildman–Crippen LogP) is 4.48. The van der Waals surface area contributed by atoms with Gasteiger partial charge in [-0.05, 0) is 97.9 Å². The third-order valence-electron chi connectivity index (χ3n) is 12.0. The summed E-state index contributed by atoms with van der Waals surface area (Å²) in [6.07, 6.45) is 14.1. The zero-order chi connectivity index (χ0) is 35.6. The van der Waals surface area contributed by atoms with Gasteiger partial charge in [-0.3, -0.25) is 0 Å².